The van der Waals surface area contributed by atoms with E-state index in [2.05, 4.69) is 11.6 Å². The molecular weight excluding hydrogens is 282 g/mol. The van der Waals surface area contributed by atoms with Crippen LogP contribution in [0.3, 0.4) is 0 Å². The number of hydrogen-bond acceptors (Lipinski definition) is 1. The van der Waals surface area contributed by atoms with E-state index >= 15 is 0 Å². The molecule has 10 heavy (non-hydrogen) atoms. The molecule has 0 aromatic carbocycles. The Labute approximate surface area is 74.3 Å². The molecule has 62 valence electrons. The standard InChI is InChI=1S/C2Cl2F4SSe/c3-1(5,9-4)10-2(6,7)8. The van der Waals surface area contributed by atoms with Gasteiger partial charge in [-0.05, 0) is 0 Å². The predicted molar refractivity (Wildman–Crippen MR) is 34.9 cm³/mol. The number of halogens is 6. The van der Waals surface area contributed by atoms with Crippen LogP contribution in [0.15, 0.2) is 0 Å². The van der Waals surface area contributed by atoms with E-state index < -0.39 is 23.4 Å². The number of hydrogen-bond donors (Lipinski definition) is 0. The van der Waals surface area contributed by atoms with Crippen LogP contribution in [0.2, 0.25) is 0 Å². The topological polar surface area (TPSA) is 0 Å². The van der Waals surface area contributed by atoms with Crippen LogP contribution in [0.25, 0.3) is 0 Å². The fourth-order valence-electron chi connectivity index (χ4n) is 0.150. The zero-order chi connectivity index (χ0) is 8.41. The molecule has 0 saturated heterocycles. The molecule has 8 heteroatoms. The summed E-state index contributed by atoms with van der Waals surface area (Å²) in [5.74, 6) is 0. The summed E-state index contributed by atoms with van der Waals surface area (Å²) < 4.78 is 43.4. The van der Waals surface area contributed by atoms with Crippen molar-refractivity contribution in [3.8, 4) is 0 Å². The minimum atomic E-state index is -4.56. The van der Waals surface area contributed by atoms with Gasteiger partial charge in [-0.2, -0.15) is 0 Å². The quantitative estimate of drug-likeness (QED) is 0.426. The summed E-state index contributed by atoms with van der Waals surface area (Å²) in [4.78, 5) is 0. The van der Waals surface area contributed by atoms with Gasteiger partial charge >= 0.3 is 74.2 Å². The van der Waals surface area contributed by atoms with Crippen LogP contribution in [-0.2, 0) is 0 Å². The maximum absolute atomic E-state index is 12.2. The van der Waals surface area contributed by atoms with E-state index in [1.807, 2.05) is 0 Å². The second-order valence-corrected chi connectivity index (χ2v) is 6.68. The van der Waals surface area contributed by atoms with Crippen molar-refractivity contribution in [1.29, 1.82) is 0 Å². The van der Waals surface area contributed by atoms with Crippen molar-refractivity contribution in [2.45, 2.75) is 8.43 Å². The Kier molecular flexibility index (Phi) is 4.15. The summed E-state index contributed by atoms with van der Waals surface area (Å²) in [5.41, 5.74) is 0. The summed E-state index contributed by atoms with van der Waals surface area (Å²) in [5, 5.41) is -4.56. The van der Waals surface area contributed by atoms with Gasteiger partial charge in [-0.1, -0.05) is 0 Å². The SMILES string of the molecule is FC(F)(F)[Se]C(F)(Cl)SCl. The first kappa shape index (κ1) is 11.2. The van der Waals surface area contributed by atoms with Gasteiger partial charge in [0, 0.05) is 0 Å². The van der Waals surface area contributed by atoms with Crippen LogP contribution < -0.4 is 0 Å². The van der Waals surface area contributed by atoms with Crippen LogP contribution in [0.5, 0.6) is 0 Å². The summed E-state index contributed by atoms with van der Waals surface area (Å²) in [7, 11) is 4.56. The first-order chi connectivity index (χ1) is 4.27. The number of alkyl halides is 5. The van der Waals surface area contributed by atoms with E-state index in [0.717, 1.165) is 0 Å². The van der Waals surface area contributed by atoms with E-state index in [9.17, 15) is 17.6 Å². The molecule has 0 rings (SSSR count). The van der Waals surface area contributed by atoms with Gasteiger partial charge in [0.05, 0.1) is 0 Å². The third-order valence-corrected chi connectivity index (χ3v) is 4.58. The molecule has 0 aliphatic heterocycles. The first-order valence-electron chi connectivity index (χ1n) is 1.71. The third kappa shape index (κ3) is 5.92. The van der Waals surface area contributed by atoms with Crippen molar-refractivity contribution in [3.05, 3.63) is 0 Å². The van der Waals surface area contributed by atoms with Gasteiger partial charge in [0.15, 0.2) is 0 Å². The molecule has 0 bridgehead atoms. The van der Waals surface area contributed by atoms with Gasteiger partial charge in [0.1, 0.15) is 0 Å². The van der Waals surface area contributed by atoms with Crippen LogP contribution in [0.1, 0.15) is 0 Å². The third-order valence-electron chi connectivity index (χ3n) is 0.324. The zero-order valence-electron chi connectivity index (χ0n) is 4.08. The molecular formula is C2Cl2F4SSe. The van der Waals surface area contributed by atoms with Gasteiger partial charge in [0.2, 0.25) is 0 Å². The van der Waals surface area contributed by atoms with E-state index in [-0.39, 0.29) is 11.0 Å². The minimum absolute atomic E-state index is 0.167. The molecule has 0 amide bonds. The molecule has 0 saturated carbocycles. The van der Waals surface area contributed by atoms with Gasteiger partial charge in [-0.3, -0.25) is 0 Å². The van der Waals surface area contributed by atoms with Crippen LogP contribution in [0, 0.1) is 0 Å². The second kappa shape index (κ2) is 3.72. The Morgan fingerprint density at radius 2 is 1.60 bits per heavy atom. The summed E-state index contributed by atoms with van der Waals surface area (Å²) in [6, 6.07) is 0. The molecule has 0 N–H and O–H groups in total. The average Bonchev–Trinajstić information content (AvgIpc) is 1.60. The molecule has 1 unspecified atom stereocenters. The Bertz CT molecular complexity index is 114. The van der Waals surface area contributed by atoms with Crippen molar-refractivity contribution in [1.82, 2.24) is 0 Å². The molecule has 0 aliphatic rings. The fourth-order valence-corrected chi connectivity index (χ4v) is 2.38. The molecule has 0 aromatic heterocycles. The van der Waals surface area contributed by atoms with Crippen molar-refractivity contribution in [2.75, 3.05) is 0 Å². The molecule has 1 atom stereocenters. The Morgan fingerprint density at radius 1 is 1.20 bits per heavy atom. The average molecular weight is 282 g/mol. The van der Waals surface area contributed by atoms with E-state index in [1.54, 1.807) is 0 Å². The second-order valence-electron chi connectivity index (χ2n) is 1.09. The van der Waals surface area contributed by atoms with Crippen molar-refractivity contribution in [3.63, 3.8) is 0 Å². The van der Waals surface area contributed by atoms with Gasteiger partial charge in [0.25, 0.3) is 0 Å². The molecule has 0 radical (unpaired) electrons. The molecule has 0 aromatic rings. The number of rotatable bonds is 2. The Balaban J connectivity index is 3.89. The zero-order valence-corrected chi connectivity index (χ0v) is 8.13. The molecule has 0 aliphatic carbocycles. The van der Waals surface area contributed by atoms with E-state index in [4.69, 9.17) is 10.7 Å². The monoisotopic (exact) mass is 282 g/mol. The van der Waals surface area contributed by atoms with Gasteiger partial charge < -0.3 is 0 Å². The normalized spacial score (nSPS) is 18.6. The predicted octanol–water partition coefficient (Wildman–Crippen LogP) is 2.92. The van der Waals surface area contributed by atoms with Gasteiger partial charge in [-0.25, -0.2) is 0 Å². The summed E-state index contributed by atoms with van der Waals surface area (Å²) in [6.07, 6.45) is 0. The van der Waals surface area contributed by atoms with Gasteiger partial charge in [-0.15, -0.1) is 0 Å². The Morgan fingerprint density at radius 3 is 1.70 bits per heavy atom. The maximum atomic E-state index is 12.2. The van der Waals surface area contributed by atoms with Crippen molar-refractivity contribution >= 4 is 48.2 Å². The van der Waals surface area contributed by atoms with Crippen LogP contribution in [-0.4, -0.2) is 23.4 Å². The van der Waals surface area contributed by atoms with Crippen molar-refractivity contribution in [2.24, 2.45) is 0 Å². The summed E-state index contributed by atoms with van der Waals surface area (Å²) in [6.45, 7) is 0. The Hall–Kier alpha value is 1.17. The van der Waals surface area contributed by atoms with Crippen LogP contribution >= 0.6 is 33.3 Å². The fraction of sp³-hybridized carbons (Fsp3) is 1.00. The molecule has 0 nitrogen and oxygen atoms in total. The van der Waals surface area contributed by atoms with Crippen LogP contribution in [0.4, 0.5) is 17.6 Å². The molecule has 0 spiro atoms. The van der Waals surface area contributed by atoms with E-state index in [1.165, 1.54) is 0 Å². The molecule has 0 fully saturated rings. The molecule has 0 heterocycles. The van der Waals surface area contributed by atoms with E-state index in [0.29, 0.717) is 0 Å². The summed E-state index contributed by atoms with van der Waals surface area (Å²) >= 11 is 2.37. The van der Waals surface area contributed by atoms with Crippen molar-refractivity contribution < 1.29 is 17.6 Å². The first-order valence-corrected chi connectivity index (χ1v) is 5.45.